The molecule has 0 amide bonds. The number of rotatable bonds is 10. The van der Waals surface area contributed by atoms with Crippen LogP contribution < -0.4 is 30.4 Å². The number of aromatic nitrogens is 3. The second kappa shape index (κ2) is 22.4. The van der Waals surface area contributed by atoms with E-state index in [1.54, 1.807) is 12.3 Å². The molecule has 432 valence electrons. The molecule has 4 heterocycles. The van der Waals surface area contributed by atoms with Crippen molar-refractivity contribution in [2.75, 3.05) is 4.90 Å². The average molecular weight is 1340 g/mol. The Morgan fingerprint density at radius 1 is 0.489 bits per heavy atom. The molecule has 7 heteroatoms. The molecule has 0 radical (unpaired) electrons. The van der Waals surface area contributed by atoms with Gasteiger partial charge >= 0.3 is 0 Å². The minimum absolute atomic E-state index is 0. The summed E-state index contributed by atoms with van der Waals surface area (Å²) in [6.07, 6.45) is 0.0874. The first-order chi connectivity index (χ1) is 43.2. The summed E-state index contributed by atoms with van der Waals surface area (Å²) >= 11 is 0. The molecule has 0 bridgehead atoms. The van der Waals surface area contributed by atoms with Crippen LogP contribution in [0.1, 0.15) is 55.4 Å². The monoisotopic (exact) mass is 1330 g/mol. The van der Waals surface area contributed by atoms with Crippen molar-refractivity contribution in [3.05, 3.63) is 297 Å². The number of nitrogens with zero attached hydrogens (tertiary/aromatic N) is 4. The molecule has 1 aliphatic heterocycles. The van der Waals surface area contributed by atoms with Crippen LogP contribution in [0.4, 0.5) is 11.4 Å². The van der Waals surface area contributed by atoms with Crippen LogP contribution in [0.15, 0.2) is 267 Å². The Kier molecular flexibility index (Phi) is 13.7. The Morgan fingerprint density at radius 3 is 1.66 bits per heavy atom. The third-order valence-corrected chi connectivity index (χ3v) is 21.9. The molecule has 0 saturated carbocycles. The molecule has 0 N–H and O–H groups in total. The van der Waals surface area contributed by atoms with Gasteiger partial charge in [-0.15, -0.1) is 35.7 Å². The summed E-state index contributed by atoms with van der Waals surface area (Å²) in [5.41, 5.74) is 8.91. The average Bonchev–Trinajstić information content (AvgIpc) is 1.31. The number of hydrogen-bond acceptors (Lipinski definition) is 3. The minimum Gasteiger partial charge on any atom is -0.509 e. The fourth-order valence-electron chi connectivity index (χ4n) is 13.4. The summed E-state index contributed by atoms with van der Waals surface area (Å²) in [6, 6.07) is 102. The molecule has 3 aromatic heterocycles. The van der Waals surface area contributed by atoms with Crippen LogP contribution in [-0.2, 0) is 32.9 Å². The normalized spacial score (nSPS) is 13.0. The van der Waals surface area contributed by atoms with E-state index in [9.17, 15) is 0 Å². The van der Waals surface area contributed by atoms with Crippen LogP contribution in [0.3, 0.4) is 0 Å². The first-order valence-electron chi connectivity index (χ1n) is 31.0. The summed E-state index contributed by atoms with van der Waals surface area (Å²) in [4.78, 5) is 7.11. The maximum absolute atomic E-state index is 9.16. The number of hydrogen-bond donors (Lipinski definition) is 0. The van der Waals surface area contributed by atoms with E-state index in [2.05, 4.69) is 272 Å². The van der Waals surface area contributed by atoms with Crippen molar-refractivity contribution in [3.8, 4) is 28.4 Å². The molecule has 0 spiro atoms. The van der Waals surface area contributed by atoms with Gasteiger partial charge in [-0.05, 0) is 140 Å². The van der Waals surface area contributed by atoms with E-state index in [1.165, 1.54) is 31.7 Å². The zero-order valence-electron chi connectivity index (χ0n) is 52.0. The van der Waals surface area contributed by atoms with E-state index in [-0.39, 0.29) is 26.5 Å². The third kappa shape index (κ3) is 9.76. The zero-order valence-corrected chi connectivity index (χ0v) is 53.3. The summed E-state index contributed by atoms with van der Waals surface area (Å²) in [5.74, 6) is 1.65. The second-order valence-corrected chi connectivity index (χ2v) is 28.7. The molecule has 0 unspecified atom stereocenters. The van der Waals surface area contributed by atoms with Crippen LogP contribution in [0.2, 0.25) is 0 Å². The largest absolute Gasteiger partial charge is 0.509 e. The second-order valence-electron chi connectivity index (χ2n) is 24.9. The summed E-state index contributed by atoms with van der Waals surface area (Å²) in [6.45, 7) is 15.1. The number of fused-ring (bicyclic) bond motifs is 10. The maximum Gasteiger partial charge on any atom is 0.179 e. The predicted molar refractivity (Wildman–Crippen MR) is 368 cm³/mol. The van der Waals surface area contributed by atoms with Crippen molar-refractivity contribution >= 4 is 105 Å². The zero-order chi connectivity index (χ0) is 60.8. The molecule has 14 aromatic rings. The molecular weight excluding hydrogens is 1270 g/mol. The molecule has 0 aliphatic carbocycles. The van der Waals surface area contributed by atoms with Crippen LogP contribution >= 0.6 is 0 Å². The molecule has 0 fully saturated rings. The van der Waals surface area contributed by atoms with Crippen molar-refractivity contribution in [2.45, 2.75) is 53.3 Å². The smallest absolute Gasteiger partial charge is 0.179 e. The maximum atomic E-state index is 9.16. The molecule has 15 rings (SSSR count). The number of benzene rings is 11. The van der Waals surface area contributed by atoms with E-state index < -0.39 is 19.9 Å². The summed E-state index contributed by atoms with van der Waals surface area (Å²) in [7, 11) is -3.02. The topological polar surface area (TPSA) is 35.2 Å². The Bertz CT molecular complexity index is 5070. The van der Waals surface area contributed by atoms with Crippen LogP contribution in [0.5, 0.6) is 11.5 Å². The van der Waals surface area contributed by atoms with Gasteiger partial charge in [-0.25, -0.2) is 4.98 Å². The van der Waals surface area contributed by atoms with Crippen molar-refractivity contribution in [2.24, 2.45) is 5.41 Å². The molecule has 0 atom stereocenters. The Hall–Kier alpha value is -9.45. The van der Waals surface area contributed by atoms with Gasteiger partial charge < -0.3 is 18.8 Å². The Labute approximate surface area is 533 Å². The molecular formula is C81H65N4OPtSi-3. The van der Waals surface area contributed by atoms with Gasteiger partial charge in [0.15, 0.2) is 8.07 Å². The van der Waals surface area contributed by atoms with Crippen LogP contribution in [0.25, 0.3) is 82.1 Å². The standard InChI is InChI=1S/C81H65N4OSi.Pt/c1-80(2,3)53-55-45-46-82-77(47-55)85-74-41-21-20-37-70(74)71-44-43-60(52-76(71)85)86-59-26-22-25-58(51-59)83-54-84-78-65(38-23-39-72(78)68-35-18-16-33-66(68)67-34-17-19-36-69(67)73-40-24-42-75(83)79(73)84)56-48-57(81(4,5)6)50-64(49-56)87(61-27-10-7-11-28-61,62-29-12-8-13-30-62)63-31-14-9-15-32-63;/h7-50,54H,53H2,1-6H3;/q-3;/i53D2;. The molecule has 88 heavy (non-hydrogen) atoms. The van der Waals surface area contributed by atoms with E-state index in [1.807, 2.05) is 57.2 Å². The van der Waals surface area contributed by atoms with E-state index in [4.69, 9.17) is 12.5 Å². The van der Waals surface area contributed by atoms with E-state index >= 15 is 0 Å². The van der Waals surface area contributed by atoms with Crippen LogP contribution in [0, 0.1) is 24.2 Å². The summed E-state index contributed by atoms with van der Waals surface area (Å²) in [5, 5.41) is 14.2. The van der Waals surface area contributed by atoms with Gasteiger partial charge in [-0.1, -0.05) is 259 Å². The first-order valence-corrected chi connectivity index (χ1v) is 32.0. The molecule has 5 nitrogen and oxygen atoms in total. The minimum atomic E-state index is -3.02. The van der Waals surface area contributed by atoms with Gasteiger partial charge in [0.1, 0.15) is 5.82 Å². The molecule has 1 aliphatic rings. The molecule has 11 aromatic carbocycles. The number of para-hydroxylation sites is 3. The van der Waals surface area contributed by atoms with Gasteiger partial charge in [0, 0.05) is 52.7 Å². The van der Waals surface area contributed by atoms with Crippen molar-refractivity contribution < 1.29 is 28.5 Å². The fourth-order valence-corrected chi connectivity index (χ4v) is 18.2. The van der Waals surface area contributed by atoms with Gasteiger partial charge in [0.2, 0.25) is 0 Å². The Morgan fingerprint density at radius 2 is 1.03 bits per heavy atom. The van der Waals surface area contributed by atoms with Crippen molar-refractivity contribution in [1.82, 2.24) is 14.1 Å². The van der Waals surface area contributed by atoms with Gasteiger partial charge in [0.25, 0.3) is 0 Å². The first kappa shape index (κ1) is 54.0. The number of anilines is 2. The van der Waals surface area contributed by atoms with E-state index in [0.29, 0.717) is 22.9 Å². The van der Waals surface area contributed by atoms with Gasteiger partial charge in [-0.3, -0.25) is 0 Å². The van der Waals surface area contributed by atoms with Crippen LogP contribution in [-0.4, -0.2) is 22.2 Å². The van der Waals surface area contributed by atoms with Crippen molar-refractivity contribution in [1.29, 1.82) is 0 Å². The third-order valence-electron chi connectivity index (χ3n) is 17.2. The summed E-state index contributed by atoms with van der Waals surface area (Å²) < 4.78 is 29.7. The van der Waals surface area contributed by atoms with E-state index in [0.717, 1.165) is 82.3 Å². The number of ether oxygens (including phenoxy) is 1. The SMILES string of the molecule is [2H]C([2H])(c1ccnc(-n2c3[c-]c(Oc4[c-]c(N5[CH-]n6c7c(-c8cc(C(C)(C)C)cc([Si](c9ccccc9)(c9ccccc9)c9ccccc9)c8)cccc7c7ccccc7c7ccccc7c7cccc5c76)ccc4)ccc3c3ccccc32)c1)C(C)(C)C.[Pt]. The fraction of sp³-hybridized carbons (Fsp3) is 0.111. The Balaban J connectivity index is 0.00000707. The van der Waals surface area contributed by atoms with Gasteiger partial charge in [-0.2, -0.15) is 12.1 Å². The van der Waals surface area contributed by atoms with Gasteiger partial charge in [0.05, 0.1) is 0 Å². The number of pyridine rings is 1. The van der Waals surface area contributed by atoms with Crippen molar-refractivity contribution in [3.63, 3.8) is 0 Å². The molecule has 0 saturated heterocycles. The quantitative estimate of drug-likeness (QED) is 0.0778. The predicted octanol–water partition coefficient (Wildman–Crippen LogP) is 18.2.